The van der Waals surface area contributed by atoms with Gasteiger partial charge in [-0.15, -0.1) is 0 Å². The summed E-state index contributed by atoms with van der Waals surface area (Å²) in [5.41, 5.74) is 0. The van der Waals surface area contributed by atoms with E-state index < -0.39 is 18.2 Å². The molecule has 1 saturated carbocycles. The minimum atomic E-state index is -0.900. The van der Waals surface area contributed by atoms with E-state index in [1.165, 1.54) is 7.11 Å². The van der Waals surface area contributed by atoms with Crippen LogP contribution in [-0.2, 0) is 9.53 Å². The average molecular weight is 204 g/mol. The Bertz CT molecular complexity index is 205. The van der Waals surface area contributed by atoms with Crippen molar-refractivity contribution in [2.45, 2.75) is 25.0 Å². The maximum atomic E-state index is 10.5. The van der Waals surface area contributed by atoms with Gasteiger partial charge in [0.25, 0.3) is 0 Å². The predicted molar refractivity (Wildman–Crippen MR) is 47.7 cm³/mol. The predicted octanol–water partition coefficient (Wildman–Crippen LogP) is -0.535. The smallest absolute Gasteiger partial charge is 0.303 e. The van der Waals surface area contributed by atoms with Crippen LogP contribution in [0.5, 0.6) is 0 Å². The lowest BCUT2D eigenvalue weighted by Crippen LogP contribution is -2.32. The van der Waals surface area contributed by atoms with Crippen LogP contribution in [0, 0.1) is 11.8 Å². The Labute approximate surface area is 82.3 Å². The number of hydrogen-bond donors (Lipinski definition) is 3. The molecule has 1 rings (SSSR count). The number of carbonyl (C=O) groups is 1. The van der Waals surface area contributed by atoms with E-state index in [0.717, 1.165) is 0 Å². The number of aliphatic carboxylic acids is 1. The number of carboxylic acids is 1. The summed E-state index contributed by atoms with van der Waals surface area (Å²) >= 11 is 0. The number of aliphatic hydroxyl groups is 2. The van der Waals surface area contributed by atoms with Crippen LogP contribution in [0.1, 0.15) is 12.8 Å². The number of aliphatic hydroxyl groups excluding tert-OH is 2. The lowest BCUT2D eigenvalue weighted by Gasteiger charge is -2.19. The highest BCUT2D eigenvalue weighted by molar-refractivity contribution is 5.67. The van der Waals surface area contributed by atoms with Crippen LogP contribution < -0.4 is 0 Å². The summed E-state index contributed by atoms with van der Waals surface area (Å²) in [7, 11) is 1.45. The number of hydrogen-bond acceptors (Lipinski definition) is 4. The lowest BCUT2D eigenvalue weighted by atomic mass is 10.0. The van der Waals surface area contributed by atoms with E-state index >= 15 is 0 Å². The topological polar surface area (TPSA) is 87.0 Å². The third kappa shape index (κ3) is 2.23. The quantitative estimate of drug-likeness (QED) is 0.572. The molecule has 0 bridgehead atoms. The van der Waals surface area contributed by atoms with Crippen molar-refractivity contribution in [1.29, 1.82) is 0 Å². The monoisotopic (exact) mass is 204 g/mol. The summed E-state index contributed by atoms with van der Waals surface area (Å²) in [6.45, 7) is -0.128. The number of carboxylic acid groups (broad SMARTS) is 1. The molecule has 0 amide bonds. The maximum Gasteiger partial charge on any atom is 0.303 e. The third-order valence-corrected chi connectivity index (χ3v) is 2.83. The van der Waals surface area contributed by atoms with Gasteiger partial charge >= 0.3 is 5.97 Å². The summed E-state index contributed by atoms with van der Waals surface area (Å²) in [4.78, 5) is 10.5. The summed E-state index contributed by atoms with van der Waals surface area (Å²) in [6.07, 6.45) is -0.744. The van der Waals surface area contributed by atoms with Gasteiger partial charge in [-0.25, -0.2) is 0 Å². The van der Waals surface area contributed by atoms with Crippen molar-refractivity contribution in [3.8, 4) is 0 Å². The van der Waals surface area contributed by atoms with Gasteiger partial charge < -0.3 is 20.1 Å². The molecule has 0 aromatic heterocycles. The molecule has 0 aromatic carbocycles. The van der Waals surface area contributed by atoms with Gasteiger partial charge in [0.05, 0.1) is 18.6 Å². The number of rotatable bonds is 4. The van der Waals surface area contributed by atoms with E-state index in [2.05, 4.69) is 0 Å². The molecule has 4 unspecified atom stereocenters. The van der Waals surface area contributed by atoms with Crippen LogP contribution in [0.25, 0.3) is 0 Å². The maximum absolute atomic E-state index is 10.5. The Balaban J connectivity index is 2.62. The lowest BCUT2D eigenvalue weighted by molar-refractivity contribution is -0.139. The first kappa shape index (κ1) is 11.4. The first-order valence-electron chi connectivity index (χ1n) is 4.63. The van der Waals surface area contributed by atoms with Gasteiger partial charge in [-0.2, -0.15) is 0 Å². The highest BCUT2D eigenvalue weighted by Gasteiger charge is 2.42. The van der Waals surface area contributed by atoms with Crippen molar-refractivity contribution < 1.29 is 24.9 Å². The van der Waals surface area contributed by atoms with Crippen LogP contribution in [0.4, 0.5) is 0 Å². The molecular weight excluding hydrogens is 188 g/mol. The normalized spacial score (nSPS) is 37.4. The molecule has 1 fully saturated rings. The Morgan fingerprint density at radius 2 is 2.14 bits per heavy atom. The molecule has 1 aliphatic rings. The third-order valence-electron chi connectivity index (χ3n) is 2.83. The molecule has 82 valence electrons. The molecule has 1 aliphatic carbocycles. The van der Waals surface area contributed by atoms with Gasteiger partial charge in [0.15, 0.2) is 0 Å². The van der Waals surface area contributed by atoms with E-state index in [1.54, 1.807) is 0 Å². The first-order valence-corrected chi connectivity index (χ1v) is 4.63. The highest BCUT2D eigenvalue weighted by atomic mass is 16.5. The molecular formula is C9H16O5. The van der Waals surface area contributed by atoms with Crippen molar-refractivity contribution >= 4 is 5.97 Å². The zero-order chi connectivity index (χ0) is 10.7. The molecule has 0 spiro atoms. The molecule has 0 saturated heterocycles. The minimum absolute atomic E-state index is 0.0218. The molecule has 0 aliphatic heterocycles. The Morgan fingerprint density at radius 3 is 2.57 bits per heavy atom. The standard InChI is InChI=1S/C9H16O5/c1-14-9-5(3-7(11)12)2-6(4-10)8(9)13/h5-6,8-10,13H,2-4H2,1H3,(H,11,12). The molecule has 0 radical (unpaired) electrons. The second-order valence-corrected chi connectivity index (χ2v) is 3.73. The highest BCUT2D eigenvalue weighted by Crippen LogP contribution is 2.35. The largest absolute Gasteiger partial charge is 0.481 e. The van der Waals surface area contributed by atoms with Crippen LogP contribution in [-0.4, -0.2) is 47.2 Å². The summed E-state index contributed by atoms with van der Waals surface area (Å²) in [5, 5.41) is 27.2. The summed E-state index contributed by atoms with van der Waals surface area (Å²) in [6, 6.07) is 0. The molecule has 0 aromatic rings. The molecule has 5 heteroatoms. The number of methoxy groups -OCH3 is 1. The first-order chi connectivity index (χ1) is 6.60. The van der Waals surface area contributed by atoms with Gasteiger partial charge in [-0.05, 0) is 12.3 Å². The van der Waals surface area contributed by atoms with Gasteiger partial charge in [0.2, 0.25) is 0 Å². The van der Waals surface area contributed by atoms with E-state index in [-0.39, 0.29) is 24.9 Å². The van der Waals surface area contributed by atoms with Crippen molar-refractivity contribution in [1.82, 2.24) is 0 Å². The molecule has 14 heavy (non-hydrogen) atoms. The Morgan fingerprint density at radius 1 is 1.50 bits per heavy atom. The Hall–Kier alpha value is -0.650. The van der Waals surface area contributed by atoms with Crippen molar-refractivity contribution in [2.24, 2.45) is 11.8 Å². The van der Waals surface area contributed by atoms with E-state index in [1.807, 2.05) is 0 Å². The number of ether oxygens (including phenoxy) is 1. The van der Waals surface area contributed by atoms with E-state index in [4.69, 9.17) is 14.9 Å². The van der Waals surface area contributed by atoms with Crippen molar-refractivity contribution in [3.05, 3.63) is 0 Å². The van der Waals surface area contributed by atoms with Crippen LogP contribution >= 0.6 is 0 Å². The fraction of sp³-hybridized carbons (Fsp3) is 0.889. The fourth-order valence-electron chi connectivity index (χ4n) is 2.15. The molecule has 4 atom stereocenters. The van der Waals surface area contributed by atoms with Crippen LogP contribution in [0.3, 0.4) is 0 Å². The van der Waals surface area contributed by atoms with Gasteiger partial charge in [0, 0.05) is 19.6 Å². The van der Waals surface area contributed by atoms with Crippen LogP contribution in [0.15, 0.2) is 0 Å². The summed E-state index contributed by atoms with van der Waals surface area (Å²) in [5.74, 6) is -1.36. The average Bonchev–Trinajstić information content (AvgIpc) is 2.41. The minimum Gasteiger partial charge on any atom is -0.481 e. The second kappa shape index (κ2) is 4.72. The van der Waals surface area contributed by atoms with Gasteiger partial charge in [-0.1, -0.05) is 0 Å². The van der Waals surface area contributed by atoms with Gasteiger partial charge in [0.1, 0.15) is 0 Å². The van der Waals surface area contributed by atoms with E-state index in [9.17, 15) is 9.90 Å². The van der Waals surface area contributed by atoms with Crippen LogP contribution in [0.2, 0.25) is 0 Å². The van der Waals surface area contributed by atoms with Crippen molar-refractivity contribution in [2.75, 3.05) is 13.7 Å². The zero-order valence-corrected chi connectivity index (χ0v) is 8.09. The fourth-order valence-corrected chi connectivity index (χ4v) is 2.15. The SMILES string of the molecule is COC1C(CC(=O)O)CC(CO)C1O. The van der Waals surface area contributed by atoms with E-state index in [0.29, 0.717) is 6.42 Å². The van der Waals surface area contributed by atoms with Gasteiger partial charge in [-0.3, -0.25) is 4.79 Å². The molecule has 5 nitrogen and oxygen atoms in total. The summed E-state index contributed by atoms with van der Waals surface area (Å²) < 4.78 is 5.04. The second-order valence-electron chi connectivity index (χ2n) is 3.73. The van der Waals surface area contributed by atoms with Crippen molar-refractivity contribution in [3.63, 3.8) is 0 Å². The zero-order valence-electron chi connectivity index (χ0n) is 8.09. The molecule has 0 heterocycles. The molecule has 3 N–H and O–H groups in total. The Kier molecular flexibility index (Phi) is 3.86.